The van der Waals surface area contributed by atoms with Gasteiger partial charge in [0.05, 0.1) is 12.2 Å². The molecule has 0 radical (unpaired) electrons. The third kappa shape index (κ3) is 11.6. The van der Waals surface area contributed by atoms with Crippen molar-refractivity contribution in [3.05, 3.63) is 82.3 Å². The van der Waals surface area contributed by atoms with Gasteiger partial charge in [0.2, 0.25) is 0 Å². The SMILES string of the molecule is CC(C)(C)OC(=O)NC1CCC(N(C(=O)OC[C@H](c2ccccc2)c2ccc(Cl)c(-c3c(C#N)cnc(OCCO[C@@H]4CCCCO4)c3F)c2)C(C)(C)C)CC1. The van der Waals surface area contributed by atoms with Crippen molar-refractivity contribution in [2.24, 2.45) is 0 Å². The lowest BCUT2D eigenvalue weighted by Gasteiger charge is -2.43. The van der Waals surface area contributed by atoms with E-state index < -0.39 is 35.1 Å². The number of pyridine rings is 1. The molecule has 2 amide bonds. The molecule has 1 aliphatic heterocycles. The van der Waals surface area contributed by atoms with Gasteiger partial charge < -0.3 is 33.9 Å². The van der Waals surface area contributed by atoms with Crippen LogP contribution in [0, 0.1) is 17.1 Å². The van der Waals surface area contributed by atoms with Crippen LogP contribution < -0.4 is 10.1 Å². The number of hydrogen-bond donors (Lipinski definition) is 1. The topological polar surface area (TPSA) is 132 Å². The lowest BCUT2D eigenvalue weighted by Crippen LogP contribution is -2.54. The number of carbonyl (C=O) groups excluding carboxylic acids is 2. The van der Waals surface area contributed by atoms with Crippen LogP contribution in [0.25, 0.3) is 11.1 Å². The molecule has 302 valence electrons. The van der Waals surface area contributed by atoms with Crippen LogP contribution in [0.4, 0.5) is 14.0 Å². The molecule has 0 spiro atoms. The van der Waals surface area contributed by atoms with Gasteiger partial charge in [-0.15, -0.1) is 0 Å². The molecule has 11 nitrogen and oxygen atoms in total. The van der Waals surface area contributed by atoms with Gasteiger partial charge in [-0.3, -0.25) is 0 Å². The molecule has 13 heteroatoms. The molecule has 56 heavy (non-hydrogen) atoms. The first-order valence-electron chi connectivity index (χ1n) is 19.4. The van der Waals surface area contributed by atoms with E-state index in [0.717, 1.165) is 24.8 Å². The first kappa shape index (κ1) is 42.7. The second-order valence-corrected chi connectivity index (χ2v) is 16.7. The van der Waals surface area contributed by atoms with Crippen molar-refractivity contribution in [1.29, 1.82) is 5.26 Å². The van der Waals surface area contributed by atoms with Gasteiger partial charge in [-0.05, 0) is 110 Å². The van der Waals surface area contributed by atoms with Crippen molar-refractivity contribution in [1.82, 2.24) is 15.2 Å². The number of benzene rings is 2. The van der Waals surface area contributed by atoms with Gasteiger partial charge in [-0.25, -0.2) is 19.0 Å². The summed E-state index contributed by atoms with van der Waals surface area (Å²) in [4.78, 5) is 32.3. The average Bonchev–Trinajstić information content (AvgIpc) is 3.15. The maximum absolute atomic E-state index is 16.2. The monoisotopic (exact) mass is 792 g/mol. The summed E-state index contributed by atoms with van der Waals surface area (Å²) >= 11 is 6.73. The highest BCUT2D eigenvalue weighted by atomic mass is 35.5. The van der Waals surface area contributed by atoms with E-state index in [-0.39, 0.29) is 65.8 Å². The maximum Gasteiger partial charge on any atom is 0.410 e. The number of aromatic nitrogens is 1. The molecule has 2 fully saturated rings. The number of amides is 2. The summed E-state index contributed by atoms with van der Waals surface area (Å²) in [7, 11) is 0. The Labute approximate surface area is 334 Å². The number of hydrogen-bond acceptors (Lipinski definition) is 9. The minimum absolute atomic E-state index is 0.0136. The van der Waals surface area contributed by atoms with Crippen LogP contribution in [0.2, 0.25) is 5.02 Å². The third-order valence-electron chi connectivity index (χ3n) is 9.81. The number of carbonyl (C=O) groups is 2. The fourth-order valence-corrected chi connectivity index (χ4v) is 7.46. The van der Waals surface area contributed by atoms with E-state index in [1.54, 1.807) is 17.0 Å². The number of nitrogens with zero attached hydrogens (tertiary/aromatic N) is 3. The summed E-state index contributed by atoms with van der Waals surface area (Å²) in [5.74, 6) is -1.56. The Kier molecular flexibility index (Phi) is 14.6. The molecule has 1 N–H and O–H groups in total. The van der Waals surface area contributed by atoms with Crippen molar-refractivity contribution in [3.8, 4) is 23.1 Å². The molecule has 3 aromatic rings. The predicted molar refractivity (Wildman–Crippen MR) is 211 cm³/mol. The Balaban J connectivity index is 1.34. The van der Waals surface area contributed by atoms with Crippen LogP contribution in [0.3, 0.4) is 0 Å². The summed E-state index contributed by atoms with van der Waals surface area (Å²) in [6, 6.07) is 16.6. The van der Waals surface area contributed by atoms with Crippen molar-refractivity contribution in [3.63, 3.8) is 0 Å². The van der Waals surface area contributed by atoms with Crippen molar-refractivity contribution >= 4 is 23.8 Å². The molecule has 1 aromatic heterocycles. The molecule has 2 heterocycles. The van der Waals surface area contributed by atoms with E-state index in [2.05, 4.69) is 10.3 Å². The van der Waals surface area contributed by atoms with E-state index in [1.165, 1.54) is 6.20 Å². The minimum Gasteiger partial charge on any atom is -0.473 e. The number of alkyl carbamates (subject to hydrolysis) is 1. The van der Waals surface area contributed by atoms with Crippen LogP contribution in [0.5, 0.6) is 5.88 Å². The van der Waals surface area contributed by atoms with Gasteiger partial charge in [0.1, 0.15) is 24.9 Å². The summed E-state index contributed by atoms with van der Waals surface area (Å²) in [6.07, 6.45) is 5.60. The van der Waals surface area contributed by atoms with Gasteiger partial charge in [0.15, 0.2) is 12.1 Å². The second-order valence-electron chi connectivity index (χ2n) is 16.3. The van der Waals surface area contributed by atoms with E-state index in [1.807, 2.05) is 84.0 Å². The van der Waals surface area contributed by atoms with E-state index in [9.17, 15) is 14.9 Å². The molecule has 0 bridgehead atoms. The van der Waals surface area contributed by atoms with Crippen LogP contribution in [0.15, 0.2) is 54.7 Å². The van der Waals surface area contributed by atoms with Gasteiger partial charge in [-0.1, -0.05) is 48.0 Å². The molecule has 1 aliphatic carbocycles. The zero-order valence-electron chi connectivity index (χ0n) is 33.2. The van der Waals surface area contributed by atoms with Gasteiger partial charge >= 0.3 is 12.2 Å². The van der Waals surface area contributed by atoms with Crippen LogP contribution in [0.1, 0.15) is 109 Å². The molecule has 2 aliphatic rings. The van der Waals surface area contributed by atoms with E-state index in [0.29, 0.717) is 37.9 Å². The Hall–Kier alpha value is -4.44. The number of halogens is 2. The number of ether oxygens (including phenoxy) is 5. The van der Waals surface area contributed by atoms with Gasteiger partial charge in [-0.2, -0.15) is 5.26 Å². The quantitative estimate of drug-likeness (QED) is 0.178. The smallest absolute Gasteiger partial charge is 0.410 e. The molecular formula is C43H54ClFN4O7. The molecular weight excluding hydrogens is 739 g/mol. The largest absolute Gasteiger partial charge is 0.473 e. The maximum atomic E-state index is 16.2. The average molecular weight is 793 g/mol. The summed E-state index contributed by atoms with van der Waals surface area (Å²) in [6.45, 7) is 12.2. The molecule has 2 atom stereocenters. The normalized spacial score (nSPS) is 19.3. The zero-order valence-corrected chi connectivity index (χ0v) is 34.0. The van der Waals surface area contributed by atoms with Crippen molar-refractivity contribution in [2.45, 2.75) is 122 Å². The Bertz CT molecular complexity index is 1830. The Morgan fingerprint density at radius 2 is 1.75 bits per heavy atom. The summed E-state index contributed by atoms with van der Waals surface area (Å²) in [5.41, 5.74) is 0.643. The molecule has 1 saturated heterocycles. The number of nitriles is 1. The Morgan fingerprint density at radius 1 is 1.02 bits per heavy atom. The highest BCUT2D eigenvalue weighted by molar-refractivity contribution is 6.33. The van der Waals surface area contributed by atoms with Crippen LogP contribution in [-0.4, -0.2) is 78.0 Å². The lowest BCUT2D eigenvalue weighted by molar-refractivity contribution is -0.165. The first-order valence-corrected chi connectivity index (χ1v) is 19.8. The first-order chi connectivity index (χ1) is 26.6. The van der Waals surface area contributed by atoms with Crippen LogP contribution in [-0.2, 0) is 18.9 Å². The number of rotatable bonds is 12. The summed E-state index contributed by atoms with van der Waals surface area (Å²) < 4.78 is 44.8. The lowest BCUT2D eigenvalue weighted by atomic mass is 9.88. The van der Waals surface area contributed by atoms with Crippen molar-refractivity contribution in [2.75, 3.05) is 26.4 Å². The van der Waals surface area contributed by atoms with Gasteiger partial charge in [0, 0.05) is 52.5 Å². The Morgan fingerprint density at radius 3 is 2.39 bits per heavy atom. The standard InChI is InChI=1S/C43H54ClFN4O7/c1-42(2,3)49(32-18-16-31(17-19-32)48-40(50)56-43(4,5)6)41(51)55-27-34(28-12-8-7-9-13-28)29-15-20-35(44)33(24-29)37-30(25-46)26-47-39(38(37)45)54-23-22-53-36-14-10-11-21-52-36/h7-9,12-13,15,20,24,26,31-32,34,36H,10-11,14,16-19,21-23,27H2,1-6H3,(H,48,50)/t31?,32?,34-,36-/m1/s1. The predicted octanol–water partition coefficient (Wildman–Crippen LogP) is 9.54. The molecule has 2 aromatic carbocycles. The fourth-order valence-electron chi connectivity index (χ4n) is 7.25. The van der Waals surface area contributed by atoms with E-state index >= 15 is 4.39 Å². The molecule has 0 unspecified atom stereocenters. The molecule has 1 saturated carbocycles. The molecule has 5 rings (SSSR count). The highest BCUT2D eigenvalue weighted by Crippen LogP contribution is 2.39. The zero-order chi connectivity index (χ0) is 40.5. The third-order valence-corrected chi connectivity index (χ3v) is 10.1. The minimum atomic E-state index is -0.823. The van der Waals surface area contributed by atoms with Crippen LogP contribution >= 0.6 is 11.6 Å². The summed E-state index contributed by atoms with van der Waals surface area (Å²) in [5, 5.41) is 13.2. The fraction of sp³-hybridized carbons (Fsp3) is 0.535. The second kappa shape index (κ2) is 19.1. The number of nitrogens with one attached hydrogen (secondary N) is 1. The highest BCUT2D eigenvalue weighted by Gasteiger charge is 2.38. The van der Waals surface area contributed by atoms with E-state index in [4.69, 9.17) is 35.3 Å². The van der Waals surface area contributed by atoms with Crippen molar-refractivity contribution < 1.29 is 37.7 Å². The van der Waals surface area contributed by atoms with Gasteiger partial charge in [0.25, 0.3) is 5.88 Å².